The molecule has 0 amide bonds. The van der Waals surface area contributed by atoms with E-state index in [2.05, 4.69) is 25.1 Å². The first-order valence-electron chi connectivity index (χ1n) is 15.6. The van der Waals surface area contributed by atoms with E-state index in [1.54, 1.807) is 22.6 Å². The quantitative estimate of drug-likeness (QED) is 0.168. The van der Waals surface area contributed by atoms with Gasteiger partial charge in [-0.1, -0.05) is 0 Å². The maximum absolute atomic E-state index is 16.9. The van der Waals surface area contributed by atoms with E-state index < -0.39 is 46.2 Å². The molecule has 0 radical (unpaired) electrons. The van der Waals surface area contributed by atoms with E-state index in [0.29, 0.717) is 43.7 Å². The number of piperidine rings is 1. The second kappa shape index (κ2) is 10.8. The van der Waals surface area contributed by atoms with E-state index >= 15 is 8.78 Å². The number of ether oxygens (including phenoxy) is 1. The Bertz CT molecular complexity index is 1870. The summed E-state index contributed by atoms with van der Waals surface area (Å²) in [6, 6.07) is 2.16. The Labute approximate surface area is 274 Å². The zero-order valence-corrected chi connectivity index (χ0v) is 27.1. The second-order valence-electron chi connectivity index (χ2n) is 13.5. The van der Waals surface area contributed by atoms with Crippen LogP contribution in [-0.4, -0.2) is 69.6 Å². The molecule has 8 rings (SSSR count). The van der Waals surface area contributed by atoms with Crippen LogP contribution in [0, 0.1) is 34.1 Å². The normalized spacial score (nSPS) is 26.5. The minimum Gasteiger partial charge on any atom is -0.461 e. The Kier molecular flexibility index (Phi) is 7.16. The molecular formula is C32H31F6IN6O. The SMILES string of the molecule is Cc1cc2[nH]nc(I)c2c(-c2c(F)cc3c(N4CC5CCC(C5)C4)nc(OC[C@@]45CCCN4C[C@H](F)C5)nc3c2F)c1C(F)(F)F. The molecule has 2 bridgehead atoms. The first kappa shape index (κ1) is 30.5. The van der Waals surface area contributed by atoms with Crippen LogP contribution < -0.4 is 9.64 Å². The zero-order chi connectivity index (χ0) is 32.1. The summed E-state index contributed by atoms with van der Waals surface area (Å²) in [5.74, 6) is -1.28. The monoisotopic (exact) mass is 756 g/mol. The molecule has 4 atom stereocenters. The molecule has 2 aromatic heterocycles. The molecule has 1 saturated carbocycles. The summed E-state index contributed by atoms with van der Waals surface area (Å²) in [4.78, 5) is 13.1. The van der Waals surface area contributed by atoms with Crippen LogP contribution in [0.4, 0.5) is 32.2 Å². The Balaban J connectivity index is 1.33. The number of aryl methyl sites for hydroxylation is 1. The Morgan fingerprint density at radius 3 is 2.59 bits per heavy atom. The summed E-state index contributed by atoms with van der Waals surface area (Å²) >= 11 is 1.76. The number of hydrogen-bond acceptors (Lipinski definition) is 6. The summed E-state index contributed by atoms with van der Waals surface area (Å²) in [6.07, 6.45) is -0.782. The molecule has 3 saturated heterocycles. The maximum atomic E-state index is 16.9. The molecule has 5 heterocycles. The summed E-state index contributed by atoms with van der Waals surface area (Å²) in [5, 5.41) is 6.75. The molecule has 3 aliphatic heterocycles. The van der Waals surface area contributed by atoms with Crippen LogP contribution in [0.3, 0.4) is 0 Å². The van der Waals surface area contributed by atoms with E-state index in [9.17, 15) is 17.6 Å². The molecule has 14 heteroatoms. The van der Waals surface area contributed by atoms with Crippen LogP contribution in [0.2, 0.25) is 0 Å². The summed E-state index contributed by atoms with van der Waals surface area (Å²) in [6.45, 7) is 3.69. The number of aromatic nitrogens is 4. The molecule has 1 aliphatic carbocycles. The predicted octanol–water partition coefficient (Wildman–Crippen LogP) is 7.57. The highest BCUT2D eigenvalue weighted by molar-refractivity contribution is 14.1. The second-order valence-corrected chi connectivity index (χ2v) is 14.5. The van der Waals surface area contributed by atoms with Gasteiger partial charge in [0.05, 0.1) is 22.2 Å². The van der Waals surface area contributed by atoms with Gasteiger partial charge in [-0.25, -0.2) is 13.2 Å². The lowest BCUT2D eigenvalue weighted by atomic mass is 9.90. The highest BCUT2D eigenvalue weighted by Gasteiger charge is 2.49. The molecule has 1 N–H and O–H groups in total. The van der Waals surface area contributed by atoms with Crippen LogP contribution >= 0.6 is 22.6 Å². The van der Waals surface area contributed by atoms with E-state index in [1.807, 2.05) is 4.90 Å². The largest absolute Gasteiger partial charge is 0.461 e. The minimum atomic E-state index is -4.91. The van der Waals surface area contributed by atoms with Crippen molar-refractivity contribution in [2.24, 2.45) is 11.8 Å². The van der Waals surface area contributed by atoms with Crippen LogP contribution in [0.15, 0.2) is 12.1 Å². The number of alkyl halides is 4. The number of benzene rings is 2. The number of halogens is 7. The third kappa shape index (κ3) is 4.83. The van der Waals surface area contributed by atoms with Crippen LogP contribution in [0.1, 0.15) is 49.7 Å². The van der Waals surface area contributed by atoms with Crippen LogP contribution in [-0.2, 0) is 6.18 Å². The number of nitrogens with zero attached hydrogens (tertiary/aromatic N) is 5. The topological polar surface area (TPSA) is 70.2 Å². The first-order chi connectivity index (χ1) is 21.9. The number of fused-ring (bicyclic) bond motifs is 5. The van der Waals surface area contributed by atoms with Crippen molar-refractivity contribution in [1.82, 2.24) is 25.1 Å². The van der Waals surface area contributed by atoms with E-state index in [4.69, 9.17) is 4.74 Å². The van der Waals surface area contributed by atoms with Crippen molar-refractivity contribution in [3.63, 3.8) is 0 Å². The van der Waals surface area contributed by atoms with Gasteiger partial charge in [-0.3, -0.25) is 10.00 Å². The van der Waals surface area contributed by atoms with Gasteiger partial charge in [0.25, 0.3) is 0 Å². The number of anilines is 1. The lowest BCUT2D eigenvalue weighted by Gasteiger charge is -2.34. The third-order valence-corrected chi connectivity index (χ3v) is 11.3. The smallest absolute Gasteiger partial charge is 0.417 e. The molecule has 4 fully saturated rings. The average molecular weight is 757 g/mol. The molecule has 4 aromatic rings. The van der Waals surface area contributed by atoms with Gasteiger partial charge in [0.15, 0.2) is 5.82 Å². The van der Waals surface area contributed by atoms with Crippen molar-refractivity contribution in [3.8, 4) is 17.1 Å². The molecule has 2 aromatic carbocycles. The van der Waals surface area contributed by atoms with Crippen molar-refractivity contribution in [3.05, 3.63) is 38.6 Å². The van der Waals surface area contributed by atoms with Gasteiger partial charge >= 0.3 is 12.2 Å². The standard InChI is InChI=1S/C32H31F6IN6O/c1-15-7-21-23(28(39)43-42-21)24(25(15)32(36,37)38)22-20(34)9-19-27(26(22)35)40-30(41-29(19)44-11-16-3-4-17(8-16)12-44)46-14-31-5-2-6-45(31)13-18(33)10-31/h7,9,16-18H,2-6,8,10-14H2,1H3,(H,42,43)/t16?,17?,18-,31+/m1/s1. The molecule has 4 aliphatic rings. The third-order valence-electron chi connectivity index (χ3n) is 10.5. The zero-order valence-electron chi connectivity index (χ0n) is 25.0. The van der Waals surface area contributed by atoms with E-state index in [0.717, 1.165) is 44.7 Å². The summed E-state index contributed by atoms with van der Waals surface area (Å²) in [7, 11) is 0. The van der Waals surface area contributed by atoms with E-state index in [1.165, 1.54) is 13.0 Å². The van der Waals surface area contributed by atoms with Crippen molar-refractivity contribution in [2.75, 3.05) is 37.7 Å². The fraction of sp³-hybridized carbons (Fsp3) is 0.531. The lowest BCUT2D eigenvalue weighted by molar-refractivity contribution is -0.137. The van der Waals surface area contributed by atoms with Crippen molar-refractivity contribution in [2.45, 2.75) is 63.3 Å². The molecule has 244 valence electrons. The van der Waals surface area contributed by atoms with Gasteiger partial charge in [-0.2, -0.15) is 28.2 Å². The number of H-pyrrole nitrogens is 1. The Morgan fingerprint density at radius 1 is 1.09 bits per heavy atom. The predicted molar refractivity (Wildman–Crippen MR) is 169 cm³/mol. The van der Waals surface area contributed by atoms with Gasteiger partial charge in [-0.05, 0) is 97.7 Å². The van der Waals surface area contributed by atoms with E-state index in [-0.39, 0.29) is 43.7 Å². The average Bonchev–Trinajstić information content (AvgIpc) is 3.73. The number of nitrogens with one attached hydrogen (secondary N) is 1. The number of hydrogen-bond donors (Lipinski definition) is 1. The number of rotatable bonds is 5. The molecule has 0 spiro atoms. The highest BCUT2D eigenvalue weighted by atomic mass is 127. The van der Waals surface area contributed by atoms with Gasteiger partial charge in [-0.15, -0.1) is 0 Å². The lowest BCUT2D eigenvalue weighted by Crippen LogP contribution is -2.43. The summed E-state index contributed by atoms with van der Waals surface area (Å²) < 4.78 is 97.8. The molecular weight excluding hydrogens is 725 g/mol. The number of aromatic amines is 1. The van der Waals surface area contributed by atoms with Crippen molar-refractivity contribution >= 4 is 50.2 Å². The van der Waals surface area contributed by atoms with Gasteiger partial charge in [0.1, 0.15) is 33.6 Å². The van der Waals surface area contributed by atoms with Crippen LogP contribution in [0.5, 0.6) is 6.01 Å². The Hall–Kier alpha value is -2.88. The fourth-order valence-electron chi connectivity index (χ4n) is 8.62. The fourth-order valence-corrected chi connectivity index (χ4v) is 9.30. The van der Waals surface area contributed by atoms with Crippen molar-refractivity contribution < 1.29 is 31.1 Å². The molecule has 46 heavy (non-hydrogen) atoms. The maximum Gasteiger partial charge on any atom is 0.417 e. The molecule has 7 nitrogen and oxygen atoms in total. The van der Waals surface area contributed by atoms with Gasteiger partial charge in [0.2, 0.25) is 0 Å². The summed E-state index contributed by atoms with van der Waals surface area (Å²) in [5.41, 5.74) is -3.43. The van der Waals surface area contributed by atoms with Gasteiger partial charge < -0.3 is 9.64 Å². The first-order valence-corrected chi connectivity index (χ1v) is 16.7. The van der Waals surface area contributed by atoms with Crippen LogP contribution in [0.25, 0.3) is 32.9 Å². The highest BCUT2D eigenvalue weighted by Crippen LogP contribution is 2.48. The van der Waals surface area contributed by atoms with Crippen molar-refractivity contribution in [1.29, 1.82) is 0 Å². The molecule has 2 unspecified atom stereocenters. The minimum absolute atomic E-state index is 0.0310. The van der Waals surface area contributed by atoms with Gasteiger partial charge in [0, 0.05) is 42.4 Å². The Morgan fingerprint density at radius 2 is 1.85 bits per heavy atom.